The number of hydrogen-bond donors (Lipinski definition) is 2. The Morgan fingerprint density at radius 3 is 2.79 bits per heavy atom. The molecule has 1 aliphatic heterocycles. The van der Waals surface area contributed by atoms with Gasteiger partial charge < -0.3 is 20.1 Å². The van der Waals surface area contributed by atoms with Crippen LogP contribution in [0.3, 0.4) is 0 Å². The Balaban J connectivity index is 2.00. The number of carbonyl (C=O) groups excluding carboxylic acids is 1. The maximum atomic E-state index is 13.6. The second-order valence-corrected chi connectivity index (χ2v) is 11.0. The van der Waals surface area contributed by atoms with Crippen molar-refractivity contribution in [3.05, 3.63) is 29.8 Å². The van der Waals surface area contributed by atoms with E-state index in [0.29, 0.717) is 18.8 Å². The van der Waals surface area contributed by atoms with Crippen LogP contribution >= 0.6 is 0 Å². The molecular formula is C24H37N3O5S. The number of urea groups is 1. The van der Waals surface area contributed by atoms with Gasteiger partial charge in [-0.05, 0) is 55.9 Å². The zero-order valence-electron chi connectivity index (χ0n) is 20.1. The van der Waals surface area contributed by atoms with Crippen LogP contribution in [0.2, 0.25) is 0 Å². The lowest BCUT2D eigenvalue weighted by Gasteiger charge is -2.37. The largest absolute Gasteiger partial charge is 0.487 e. The first-order valence-electron chi connectivity index (χ1n) is 11.8. The van der Waals surface area contributed by atoms with E-state index >= 15 is 0 Å². The minimum atomic E-state index is -3.87. The molecule has 2 amide bonds. The summed E-state index contributed by atoms with van der Waals surface area (Å²) in [6, 6.07) is 4.50. The van der Waals surface area contributed by atoms with Crippen LogP contribution in [0.15, 0.2) is 29.2 Å². The number of aliphatic hydroxyl groups is 1. The minimum absolute atomic E-state index is 0.0973. The highest BCUT2D eigenvalue weighted by Gasteiger charge is 2.38. The van der Waals surface area contributed by atoms with Gasteiger partial charge in [0, 0.05) is 32.1 Å². The Hall–Kier alpha value is -2.10. The van der Waals surface area contributed by atoms with E-state index in [9.17, 15) is 18.3 Å². The van der Waals surface area contributed by atoms with Gasteiger partial charge in [-0.25, -0.2) is 13.2 Å². The zero-order valence-corrected chi connectivity index (χ0v) is 20.9. The maximum absolute atomic E-state index is 13.6. The Morgan fingerprint density at radius 2 is 2.15 bits per heavy atom. The molecule has 2 N–H and O–H groups in total. The molecule has 0 bridgehead atoms. The van der Waals surface area contributed by atoms with E-state index in [2.05, 4.69) is 11.4 Å². The van der Waals surface area contributed by atoms with E-state index in [1.165, 1.54) is 9.88 Å². The molecule has 0 unspecified atom stereocenters. The lowest BCUT2D eigenvalue weighted by Crippen LogP contribution is -2.51. The van der Waals surface area contributed by atoms with Gasteiger partial charge >= 0.3 is 6.03 Å². The summed E-state index contributed by atoms with van der Waals surface area (Å²) in [5.74, 6) is 0.0899. The van der Waals surface area contributed by atoms with Gasteiger partial charge in [-0.2, -0.15) is 4.31 Å². The molecule has 0 saturated heterocycles. The van der Waals surface area contributed by atoms with Crippen molar-refractivity contribution in [2.24, 2.45) is 5.92 Å². The van der Waals surface area contributed by atoms with Crippen molar-refractivity contribution < 1.29 is 23.1 Å². The summed E-state index contributed by atoms with van der Waals surface area (Å²) < 4.78 is 34.8. The van der Waals surface area contributed by atoms with Crippen LogP contribution in [-0.4, -0.2) is 74.2 Å². The van der Waals surface area contributed by atoms with E-state index in [-0.39, 0.29) is 30.0 Å². The predicted molar refractivity (Wildman–Crippen MR) is 129 cm³/mol. The number of allylic oxidation sites excluding steroid dienone is 2. The number of rotatable bonds is 7. The lowest BCUT2D eigenvalue weighted by atomic mass is 10.0. The molecule has 1 aliphatic carbocycles. The van der Waals surface area contributed by atoms with Gasteiger partial charge in [0.25, 0.3) is 0 Å². The Labute approximate surface area is 197 Å². The lowest BCUT2D eigenvalue weighted by molar-refractivity contribution is 0.0812. The first-order chi connectivity index (χ1) is 15.7. The molecule has 0 aromatic heterocycles. The highest BCUT2D eigenvalue weighted by Crippen LogP contribution is 2.37. The van der Waals surface area contributed by atoms with E-state index in [1.54, 1.807) is 24.9 Å². The molecule has 1 aromatic carbocycles. The highest BCUT2D eigenvalue weighted by atomic mass is 32.2. The number of sulfonamides is 1. The maximum Gasteiger partial charge on any atom is 0.317 e. The second-order valence-electron chi connectivity index (χ2n) is 9.14. The van der Waals surface area contributed by atoms with Gasteiger partial charge in [-0.15, -0.1) is 0 Å². The van der Waals surface area contributed by atoms with Crippen LogP contribution in [0.5, 0.6) is 5.75 Å². The third kappa shape index (κ3) is 5.70. The molecule has 1 aromatic rings. The summed E-state index contributed by atoms with van der Waals surface area (Å²) >= 11 is 0. The average molecular weight is 480 g/mol. The SMILES string of the molecule is CCCNC(=O)N(C)C[C@@H]1Oc2cc(C3=CCCC3)ccc2S(=O)(=O)N([C@H](C)CO)C[C@H]1C. The van der Waals surface area contributed by atoms with Gasteiger partial charge in [0.05, 0.1) is 13.2 Å². The number of nitrogens with zero attached hydrogens (tertiary/aromatic N) is 2. The van der Waals surface area contributed by atoms with Crippen LogP contribution < -0.4 is 10.1 Å². The van der Waals surface area contributed by atoms with Gasteiger partial charge in [0.1, 0.15) is 16.7 Å². The Bertz CT molecular complexity index is 978. The normalized spacial score (nSPS) is 23.5. The summed E-state index contributed by atoms with van der Waals surface area (Å²) in [6.07, 6.45) is 5.67. The van der Waals surface area contributed by atoms with Crippen LogP contribution in [0.1, 0.15) is 52.0 Å². The van der Waals surface area contributed by atoms with Gasteiger partial charge in [-0.3, -0.25) is 0 Å². The van der Waals surface area contributed by atoms with Crippen LogP contribution in [0.25, 0.3) is 5.57 Å². The van der Waals surface area contributed by atoms with Crippen molar-refractivity contribution in [2.75, 3.05) is 33.3 Å². The number of hydrogen-bond acceptors (Lipinski definition) is 5. The summed E-state index contributed by atoms with van der Waals surface area (Å²) in [6.45, 7) is 6.41. The zero-order chi connectivity index (χ0) is 24.2. The van der Waals surface area contributed by atoms with Gasteiger partial charge in [0.2, 0.25) is 10.0 Å². The van der Waals surface area contributed by atoms with Crippen LogP contribution in [0.4, 0.5) is 4.79 Å². The Kier molecular flexibility index (Phi) is 8.42. The number of ether oxygens (including phenoxy) is 1. The average Bonchev–Trinajstić information content (AvgIpc) is 3.33. The summed E-state index contributed by atoms with van der Waals surface area (Å²) in [7, 11) is -2.16. The van der Waals surface area contributed by atoms with Crippen molar-refractivity contribution in [1.82, 2.24) is 14.5 Å². The molecule has 3 atom stereocenters. The third-order valence-electron chi connectivity index (χ3n) is 6.41. The van der Waals surface area contributed by atoms with E-state index < -0.39 is 22.2 Å². The van der Waals surface area contributed by atoms with Crippen molar-refractivity contribution in [1.29, 1.82) is 0 Å². The van der Waals surface area contributed by atoms with Crippen molar-refractivity contribution in [3.8, 4) is 5.75 Å². The quantitative estimate of drug-likeness (QED) is 0.626. The number of carbonyl (C=O) groups is 1. The molecule has 0 radical (unpaired) electrons. The number of nitrogens with one attached hydrogen (secondary N) is 1. The molecule has 33 heavy (non-hydrogen) atoms. The van der Waals surface area contributed by atoms with Gasteiger partial charge in [-0.1, -0.05) is 26.0 Å². The smallest absolute Gasteiger partial charge is 0.317 e. The number of fused-ring (bicyclic) bond motifs is 1. The summed E-state index contributed by atoms with van der Waals surface area (Å²) in [4.78, 5) is 14.1. The molecule has 0 spiro atoms. The van der Waals surface area contributed by atoms with Crippen molar-refractivity contribution in [2.45, 2.75) is 63.5 Å². The number of amides is 2. The summed E-state index contributed by atoms with van der Waals surface area (Å²) in [5, 5.41) is 12.6. The first kappa shape index (κ1) is 25.5. The standard InChI is InChI=1S/C24H37N3O5S/c1-5-12-25-24(29)26(4)15-22-17(2)14-27(18(3)16-28)33(30,31)23-11-10-20(13-21(23)32-22)19-8-6-7-9-19/h8,10-11,13,17-18,22,28H,5-7,9,12,14-16H2,1-4H3,(H,25,29)/t17-,18-,22+/m1/s1. The third-order valence-corrected chi connectivity index (χ3v) is 8.43. The molecule has 3 rings (SSSR count). The number of benzene rings is 1. The van der Waals surface area contributed by atoms with E-state index in [4.69, 9.17) is 4.74 Å². The van der Waals surface area contributed by atoms with Crippen molar-refractivity contribution in [3.63, 3.8) is 0 Å². The fourth-order valence-corrected chi connectivity index (χ4v) is 6.12. The fraction of sp³-hybridized carbons (Fsp3) is 0.625. The van der Waals surface area contributed by atoms with Crippen molar-refractivity contribution >= 4 is 21.6 Å². The fourth-order valence-electron chi connectivity index (χ4n) is 4.30. The molecule has 9 heteroatoms. The van der Waals surface area contributed by atoms with Crippen LogP contribution in [0, 0.1) is 5.92 Å². The predicted octanol–water partition coefficient (Wildman–Crippen LogP) is 3.07. The molecule has 184 valence electrons. The van der Waals surface area contributed by atoms with E-state index in [1.807, 2.05) is 26.0 Å². The number of likely N-dealkylation sites (N-methyl/N-ethyl adjacent to an activating group) is 1. The number of aliphatic hydroxyl groups excluding tert-OH is 1. The van der Waals surface area contributed by atoms with Crippen LogP contribution in [-0.2, 0) is 10.0 Å². The minimum Gasteiger partial charge on any atom is -0.487 e. The second kappa shape index (κ2) is 10.9. The highest BCUT2D eigenvalue weighted by molar-refractivity contribution is 7.89. The molecule has 2 aliphatic rings. The molecule has 1 heterocycles. The van der Waals surface area contributed by atoms with Gasteiger partial charge in [0.15, 0.2) is 0 Å². The topological polar surface area (TPSA) is 99.2 Å². The summed E-state index contributed by atoms with van der Waals surface area (Å²) in [5.41, 5.74) is 2.16. The monoisotopic (exact) mass is 479 g/mol. The first-order valence-corrected chi connectivity index (χ1v) is 13.2. The molecule has 0 saturated carbocycles. The molecule has 8 nitrogen and oxygen atoms in total. The molecule has 0 fully saturated rings. The molecular weight excluding hydrogens is 442 g/mol. The Morgan fingerprint density at radius 1 is 1.39 bits per heavy atom. The van der Waals surface area contributed by atoms with E-state index in [0.717, 1.165) is 31.2 Å².